The van der Waals surface area contributed by atoms with E-state index in [4.69, 9.17) is 4.74 Å². The van der Waals surface area contributed by atoms with Crippen LogP contribution in [0.1, 0.15) is 31.4 Å². The molecule has 0 aliphatic carbocycles. The number of nitrogens with zero attached hydrogens (tertiary/aromatic N) is 1. The highest BCUT2D eigenvalue weighted by molar-refractivity contribution is 14.0. The number of aryl methyl sites for hydroxylation is 1. The monoisotopic (exact) mass is 516 g/mol. The number of rotatable bonds is 9. The Morgan fingerprint density at radius 1 is 1.18 bits per heavy atom. The van der Waals surface area contributed by atoms with E-state index < -0.39 is 12.8 Å². The van der Waals surface area contributed by atoms with Gasteiger partial charge in [0.2, 0.25) is 5.91 Å². The Bertz CT molecular complexity index is 640. The fourth-order valence-electron chi connectivity index (χ4n) is 2.08. The summed E-state index contributed by atoms with van der Waals surface area (Å²) in [5.41, 5.74) is 1.31. The first kappa shape index (κ1) is 26.3. The first-order valence-electron chi connectivity index (χ1n) is 8.83. The second kappa shape index (κ2) is 13.5. The molecule has 1 amide bonds. The Balaban J connectivity index is 0.00000729. The molecule has 0 heterocycles. The third-order valence-electron chi connectivity index (χ3n) is 3.35. The highest BCUT2D eigenvalue weighted by Gasteiger charge is 2.28. The smallest absolute Gasteiger partial charge is 0.422 e. The van der Waals surface area contributed by atoms with Crippen molar-refractivity contribution in [3.63, 3.8) is 0 Å². The molecule has 10 heteroatoms. The Morgan fingerprint density at radius 3 is 2.50 bits per heavy atom. The van der Waals surface area contributed by atoms with Gasteiger partial charge in [0.25, 0.3) is 0 Å². The molecule has 0 aromatic heterocycles. The van der Waals surface area contributed by atoms with Crippen LogP contribution in [0.25, 0.3) is 0 Å². The molecule has 1 aromatic carbocycles. The maximum atomic E-state index is 12.4. The lowest BCUT2D eigenvalue weighted by molar-refractivity contribution is -0.153. The number of nitrogens with one attached hydrogen (secondary N) is 3. The molecule has 160 valence electrons. The number of ether oxygens (including phenoxy) is 1. The van der Waals surface area contributed by atoms with E-state index in [0.717, 1.165) is 12.0 Å². The van der Waals surface area contributed by atoms with Crippen LogP contribution in [-0.2, 0) is 11.3 Å². The van der Waals surface area contributed by atoms with Crippen molar-refractivity contribution in [3.05, 3.63) is 29.3 Å². The molecule has 0 saturated carbocycles. The van der Waals surface area contributed by atoms with Gasteiger partial charge in [-0.3, -0.25) is 4.79 Å². The summed E-state index contributed by atoms with van der Waals surface area (Å²) in [5.74, 6) is 0.381. The summed E-state index contributed by atoms with van der Waals surface area (Å²) in [7, 11) is 0. The number of carbonyl (C=O) groups is 1. The Labute approximate surface area is 180 Å². The molecule has 0 spiro atoms. The van der Waals surface area contributed by atoms with Gasteiger partial charge in [0.15, 0.2) is 12.6 Å². The summed E-state index contributed by atoms with van der Waals surface area (Å²) in [6.45, 7) is 5.58. The van der Waals surface area contributed by atoms with Gasteiger partial charge < -0.3 is 20.7 Å². The van der Waals surface area contributed by atoms with Crippen LogP contribution in [0, 0.1) is 6.92 Å². The van der Waals surface area contributed by atoms with Crippen LogP contribution < -0.4 is 20.7 Å². The van der Waals surface area contributed by atoms with Crippen LogP contribution in [0.3, 0.4) is 0 Å². The summed E-state index contributed by atoms with van der Waals surface area (Å²) in [5, 5.41) is 8.62. The molecule has 0 saturated heterocycles. The number of aliphatic imine (C=N–C) groups is 1. The van der Waals surface area contributed by atoms with Gasteiger partial charge in [-0.25, -0.2) is 4.99 Å². The van der Waals surface area contributed by atoms with E-state index in [1.54, 1.807) is 25.1 Å². The molecular weight excluding hydrogens is 488 g/mol. The quantitative estimate of drug-likeness (QED) is 0.268. The van der Waals surface area contributed by atoms with Gasteiger partial charge in [0.1, 0.15) is 5.75 Å². The van der Waals surface area contributed by atoms with E-state index in [-0.39, 0.29) is 48.7 Å². The molecule has 0 unspecified atom stereocenters. The van der Waals surface area contributed by atoms with Gasteiger partial charge in [-0.2, -0.15) is 13.2 Å². The zero-order valence-corrected chi connectivity index (χ0v) is 18.6. The average molecular weight is 516 g/mol. The fraction of sp³-hybridized carbons (Fsp3) is 0.556. The minimum Gasteiger partial charge on any atom is -0.484 e. The number of guanidine groups is 1. The van der Waals surface area contributed by atoms with Gasteiger partial charge in [0, 0.05) is 18.7 Å². The molecule has 1 rings (SSSR count). The van der Waals surface area contributed by atoms with E-state index in [1.807, 2.05) is 13.8 Å². The number of hydrogen-bond donors (Lipinski definition) is 3. The van der Waals surface area contributed by atoms with Crippen molar-refractivity contribution in [2.45, 2.75) is 39.9 Å². The maximum absolute atomic E-state index is 12.4. The molecule has 0 atom stereocenters. The number of alkyl halides is 3. The molecule has 0 radical (unpaired) electrons. The molecule has 0 fully saturated rings. The number of benzene rings is 1. The van der Waals surface area contributed by atoms with Crippen LogP contribution in [0.2, 0.25) is 0 Å². The first-order valence-corrected chi connectivity index (χ1v) is 8.83. The van der Waals surface area contributed by atoms with Crippen molar-refractivity contribution in [2.24, 2.45) is 4.99 Å². The lowest BCUT2D eigenvalue weighted by Crippen LogP contribution is -2.43. The van der Waals surface area contributed by atoms with Crippen molar-refractivity contribution < 1.29 is 22.7 Å². The lowest BCUT2D eigenvalue weighted by atomic mass is 10.1. The minimum atomic E-state index is -4.41. The fourth-order valence-corrected chi connectivity index (χ4v) is 2.08. The first-order chi connectivity index (χ1) is 12.7. The predicted octanol–water partition coefficient (Wildman–Crippen LogP) is 3.14. The Hall–Kier alpha value is -1.72. The van der Waals surface area contributed by atoms with E-state index in [0.29, 0.717) is 24.6 Å². The number of halogens is 4. The Kier molecular flexibility index (Phi) is 12.6. The second-order valence-electron chi connectivity index (χ2n) is 5.91. The zero-order chi connectivity index (χ0) is 20.3. The minimum absolute atomic E-state index is 0. The van der Waals surface area contributed by atoms with E-state index >= 15 is 0 Å². The van der Waals surface area contributed by atoms with Crippen LogP contribution in [0.15, 0.2) is 23.2 Å². The van der Waals surface area contributed by atoms with Crippen molar-refractivity contribution >= 4 is 35.8 Å². The predicted molar refractivity (Wildman–Crippen MR) is 114 cm³/mol. The summed E-state index contributed by atoms with van der Waals surface area (Å²) < 4.78 is 42.2. The second-order valence-corrected chi connectivity index (χ2v) is 5.91. The van der Waals surface area contributed by atoms with Crippen LogP contribution >= 0.6 is 24.0 Å². The molecule has 0 aliphatic rings. The molecule has 0 bridgehead atoms. The highest BCUT2D eigenvalue weighted by atomic mass is 127. The summed E-state index contributed by atoms with van der Waals surface area (Å²) >= 11 is 0. The third-order valence-corrected chi connectivity index (χ3v) is 3.35. The van der Waals surface area contributed by atoms with Gasteiger partial charge in [0.05, 0.1) is 13.1 Å². The zero-order valence-electron chi connectivity index (χ0n) is 16.3. The molecule has 1 aromatic rings. The Morgan fingerprint density at radius 2 is 1.89 bits per heavy atom. The average Bonchev–Trinajstić information content (AvgIpc) is 2.60. The molecule has 0 aliphatic heterocycles. The summed E-state index contributed by atoms with van der Waals surface area (Å²) in [4.78, 5) is 16.0. The molecule has 28 heavy (non-hydrogen) atoms. The molecule has 6 nitrogen and oxygen atoms in total. The topological polar surface area (TPSA) is 74.8 Å². The number of carbonyl (C=O) groups excluding carboxylic acids is 1. The largest absolute Gasteiger partial charge is 0.484 e. The van der Waals surface area contributed by atoms with Crippen molar-refractivity contribution in [2.75, 3.05) is 26.2 Å². The van der Waals surface area contributed by atoms with Gasteiger partial charge in [-0.1, -0.05) is 19.1 Å². The van der Waals surface area contributed by atoms with Crippen LogP contribution in [0.5, 0.6) is 5.75 Å². The summed E-state index contributed by atoms with van der Waals surface area (Å²) in [6.07, 6.45) is -3.57. The van der Waals surface area contributed by atoms with Crippen LogP contribution in [0.4, 0.5) is 13.2 Å². The van der Waals surface area contributed by atoms with Gasteiger partial charge in [-0.15, -0.1) is 24.0 Å². The van der Waals surface area contributed by atoms with Gasteiger partial charge >= 0.3 is 6.18 Å². The maximum Gasteiger partial charge on any atom is 0.422 e. The molecule has 3 N–H and O–H groups in total. The van der Waals surface area contributed by atoms with Crippen molar-refractivity contribution in [1.82, 2.24) is 16.0 Å². The lowest BCUT2D eigenvalue weighted by Gasteiger charge is -2.14. The third kappa shape index (κ3) is 11.2. The SMILES string of the molecule is CCCNC(=O)CNC(=NCc1ccc(C)cc1OCC(F)(F)F)NCC.I. The van der Waals surface area contributed by atoms with E-state index in [1.165, 1.54) is 0 Å². The van der Waals surface area contributed by atoms with E-state index in [9.17, 15) is 18.0 Å². The van der Waals surface area contributed by atoms with Crippen molar-refractivity contribution in [1.29, 1.82) is 0 Å². The van der Waals surface area contributed by atoms with Crippen LogP contribution in [-0.4, -0.2) is 44.3 Å². The van der Waals surface area contributed by atoms with Crippen molar-refractivity contribution in [3.8, 4) is 5.75 Å². The molecular formula is C18H28F3IN4O2. The summed E-state index contributed by atoms with van der Waals surface area (Å²) in [6, 6.07) is 5.01. The standard InChI is InChI=1S/C18H27F3N4O2.HI/c1-4-8-23-16(26)11-25-17(22-5-2)24-10-14-7-6-13(3)9-15(14)27-12-18(19,20)21;/h6-7,9H,4-5,8,10-12H2,1-3H3,(H,23,26)(H2,22,24,25);1H. The number of hydrogen-bond acceptors (Lipinski definition) is 3. The van der Waals surface area contributed by atoms with Gasteiger partial charge in [-0.05, 0) is 31.9 Å². The highest BCUT2D eigenvalue weighted by Crippen LogP contribution is 2.24. The van der Waals surface area contributed by atoms with E-state index in [2.05, 4.69) is 20.9 Å². The number of amides is 1. The normalized spacial score (nSPS) is 11.4.